The Morgan fingerprint density at radius 2 is 2.29 bits per heavy atom. The van der Waals surface area contributed by atoms with Gasteiger partial charge in [0.05, 0.1) is 0 Å². The van der Waals surface area contributed by atoms with Crippen molar-refractivity contribution in [1.82, 2.24) is 5.32 Å². The fourth-order valence-corrected chi connectivity index (χ4v) is 0.338. The summed E-state index contributed by atoms with van der Waals surface area (Å²) in [6.45, 7) is 2.32. The maximum atomic E-state index is 8.33. The summed E-state index contributed by atoms with van der Waals surface area (Å²) in [6, 6.07) is 0.449. The van der Waals surface area contributed by atoms with Gasteiger partial charge in [-0.3, -0.25) is 0 Å². The quantitative estimate of drug-likeness (QED) is 0.526. The Balaban J connectivity index is 2.83. The second-order valence-corrected chi connectivity index (χ2v) is 1.70. The van der Waals surface area contributed by atoms with Gasteiger partial charge in [-0.2, -0.15) is 0 Å². The Morgan fingerprint density at radius 3 is 2.43 bits per heavy atom. The molecule has 0 aromatic carbocycles. The van der Waals surface area contributed by atoms with Crippen LogP contribution in [0.15, 0.2) is 0 Å². The summed E-state index contributed by atoms with van der Waals surface area (Å²) in [5.41, 5.74) is 0. The highest BCUT2D eigenvalue weighted by Crippen LogP contribution is 1.83. The lowest BCUT2D eigenvalue weighted by Crippen LogP contribution is -2.21. The lowest BCUT2D eigenvalue weighted by molar-refractivity contribution is 0.272. The molecule has 0 rings (SSSR count). The van der Waals surface area contributed by atoms with Crippen molar-refractivity contribution in [2.45, 2.75) is 19.4 Å². The molecule has 0 radical (unpaired) electrons. The van der Waals surface area contributed by atoms with Crippen LogP contribution in [0, 0.1) is 0 Å². The molecule has 0 heterocycles. The summed E-state index contributed by atoms with van der Waals surface area (Å²) >= 11 is 0. The first-order valence-corrected chi connectivity index (χ1v) is 2.59. The highest BCUT2D eigenvalue weighted by molar-refractivity contribution is 4.53. The van der Waals surface area contributed by atoms with Crippen molar-refractivity contribution >= 4 is 0 Å². The first kappa shape index (κ1) is 6.92. The smallest absolute Gasteiger partial charge is 0.0445 e. The Labute approximate surface area is 44.5 Å². The molecule has 1 atom stereocenters. The van der Waals surface area contributed by atoms with E-state index in [-0.39, 0.29) is 6.61 Å². The van der Waals surface area contributed by atoms with Crippen LogP contribution in [-0.2, 0) is 0 Å². The van der Waals surface area contributed by atoms with Crippen LogP contribution in [0.2, 0.25) is 0 Å². The maximum absolute atomic E-state index is 8.33. The van der Waals surface area contributed by atoms with Crippen molar-refractivity contribution in [1.29, 1.82) is 0 Å². The highest BCUT2D eigenvalue weighted by atomic mass is 16.3. The number of hydrogen-bond donors (Lipinski definition) is 2. The van der Waals surface area contributed by atoms with Crippen LogP contribution in [0.4, 0.5) is 0 Å². The summed E-state index contributed by atoms with van der Waals surface area (Å²) < 4.78 is 0. The minimum absolute atomic E-state index is 0.280. The Bertz CT molecular complexity index is 39.1. The first-order chi connectivity index (χ1) is 3.31. The van der Waals surface area contributed by atoms with E-state index >= 15 is 0 Å². The molecule has 0 aliphatic carbocycles. The predicted molar refractivity (Wildman–Crippen MR) is 30.2 cm³/mol. The van der Waals surface area contributed by atoms with Gasteiger partial charge in [-0.05, 0) is 20.4 Å². The minimum atomic E-state index is 0.280. The number of nitrogens with one attached hydrogen (secondary N) is 1. The molecule has 0 fully saturated rings. The van der Waals surface area contributed by atoms with Crippen LogP contribution in [0.25, 0.3) is 0 Å². The third-order valence-electron chi connectivity index (χ3n) is 1.05. The summed E-state index contributed by atoms with van der Waals surface area (Å²) in [7, 11) is 1.89. The van der Waals surface area contributed by atoms with Gasteiger partial charge in [-0.15, -0.1) is 0 Å². The van der Waals surface area contributed by atoms with E-state index in [1.54, 1.807) is 0 Å². The molecular formula is C5H13NO. The van der Waals surface area contributed by atoms with Crippen LogP contribution in [0.1, 0.15) is 13.3 Å². The van der Waals surface area contributed by atoms with Gasteiger partial charge >= 0.3 is 0 Å². The van der Waals surface area contributed by atoms with Crippen LogP contribution in [-0.4, -0.2) is 24.8 Å². The van der Waals surface area contributed by atoms with E-state index in [9.17, 15) is 0 Å². The van der Waals surface area contributed by atoms with Crippen molar-refractivity contribution in [2.75, 3.05) is 13.7 Å². The molecule has 0 spiro atoms. The minimum Gasteiger partial charge on any atom is -0.396 e. The van der Waals surface area contributed by atoms with E-state index in [4.69, 9.17) is 5.11 Å². The first-order valence-electron chi connectivity index (χ1n) is 2.59. The molecule has 0 aromatic heterocycles. The monoisotopic (exact) mass is 103 g/mol. The zero-order valence-corrected chi connectivity index (χ0v) is 4.94. The summed E-state index contributed by atoms with van der Waals surface area (Å²) in [4.78, 5) is 0. The highest BCUT2D eigenvalue weighted by Gasteiger charge is 1.92. The van der Waals surface area contributed by atoms with E-state index in [0.717, 1.165) is 6.42 Å². The van der Waals surface area contributed by atoms with Gasteiger partial charge < -0.3 is 10.4 Å². The van der Waals surface area contributed by atoms with Gasteiger partial charge in [0.25, 0.3) is 0 Å². The van der Waals surface area contributed by atoms with Crippen molar-refractivity contribution in [3.05, 3.63) is 0 Å². The predicted octanol–water partition coefficient (Wildman–Crippen LogP) is -0.0233. The molecule has 0 unspecified atom stereocenters. The molecule has 0 saturated carbocycles. The average Bonchev–Trinajstić information content (AvgIpc) is 1.68. The second kappa shape index (κ2) is 4.09. The number of rotatable bonds is 3. The zero-order chi connectivity index (χ0) is 5.70. The molecule has 0 saturated heterocycles. The second-order valence-electron chi connectivity index (χ2n) is 1.70. The fourth-order valence-electron chi connectivity index (χ4n) is 0.338. The Kier molecular flexibility index (Phi) is 4.04. The topological polar surface area (TPSA) is 32.3 Å². The third-order valence-corrected chi connectivity index (χ3v) is 1.05. The van der Waals surface area contributed by atoms with E-state index in [0.29, 0.717) is 6.04 Å². The molecular weight excluding hydrogens is 90.1 g/mol. The van der Waals surface area contributed by atoms with E-state index < -0.39 is 0 Å². The molecule has 0 bridgehead atoms. The van der Waals surface area contributed by atoms with Crippen molar-refractivity contribution in [3.8, 4) is 0 Å². The maximum Gasteiger partial charge on any atom is 0.0445 e. The van der Waals surface area contributed by atoms with E-state index in [1.165, 1.54) is 0 Å². The van der Waals surface area contributed by atoms with Gasteiger partial charge in [0.1, 0.15) is 0 Å². The molecule has 7 heavy (non-hydrogen) atoms. The van der Waals surface area contributed by atoms with Crippen molar-refractivity contribution < 1.29 is 5.11 Å². The molecule has 44 valence electrons. The van der Waals surface area contributed by atoms with E-state index in [2.05, 4.69) is 5.32 Å². The van der Waals surface area contributed by atoms with Crippen LogP contribution >= 0.6 is 0 Å². The van der Waals surface area contributed by atoms with E-state index in [1.807, 2.05) is 14.0 Å². The third kappa shape index (κ3) is 3.76. The van der Waals surface area contributed by atoms with Crippen LogP contribution in [0.5, 0.6) is 0 Å². The normalized spacial score (nSPS) is 14.1. The molecule has 0 amide bonds. The van der Waals surface area contributed by atoms with Crippen molar-refractivity contribution in [2.24, 2.45) is 0 Å². The van der Waals surface area contributed by atoms with Gasteiger partial charge in [0.2, 0.25) is 0 Å². The Morgan fingerprint density at radius 1 is 1.71 bits per heavy atom. The molecule has 2 N–H and O–H groups in total. The lowest BCUT2D eigenvalue weighted by Gasteiger charge is -2.04. The van der Waals surface area contributed by atoms with Gasteiger partial charge in [0, 0.05) is 12.6 Å². The van der Waals surface area contributed by atoms with Gasteiger partial charge in [-0.25, -0.2) is 0 Å². The molecule has 0 aromatic rings. The van der Waals surface area contributed by atoms with Gasteiger partial charge in [0.15, 0.2) is 0 Å². The zero-order valence-electron chi connectivity index (χ0n) is 4.94. The fraction of sp³-hybridized carbons (Fsp3) is 1.00. The van der Waals surface area contributed by atoms with Gasteiger partial charge in [-0.1, -0.05) is 0 Å². The van der Waals surface area contributed by atoms with Crippen molar-refractivity contribution in [3.63, 3.8) is 0 Å². The number of hydrogen-bond acceptors (Lipinski definition) is 2. The SMILES string of the molecule is CN[C@H](C)CCO. The number of aliphatic hydroxyl groups is 1. The molecule has 0 aliphatic rings. The molecule has 2 heteroatoms. The lowest BCUT2D eigenvalue weighted by atomic mass is 10.2. The molecule has 0 aliphatic heterocycles. The molecule has 2 nitrogen and oxygen atoms in total. The number of aliphatic hydroxyl groups excluding tert-OH is 1. The largest absolute Gasteiger partial charge is 0.396 e. The Hall–Kier alpha value is -0.0800. The standard InChI is InChI=1S/C5H13NO/c1-5(6-2)3-4-7/h5-7H,3-4H2,1-2H3/t5-/m1/s1. The van der Waals surface area contributed by atoms with Crippen LogP contribution < -0.4 is 5.32 Å². The summed E-state index contributed by atoms with van der Waals surface area (Å²) in [6.07, 6.45) is 0.844. The average molecular weight is 103 g/mol. The van der Waals surface area contributed by atoms with Crippen LogP contribution in [0.3, 0.4) is 0 Å². The summed E-state index contributed by atoms with van der Waals surface area (Å²) in [5, 5.41) is 11.3. The summed E-state index contributed by atoms with van der Waals surface area (Å²) in [5.74, 6) is 0.